The molecule has 4 aromatic rings. The number of hydrogen-bond acceptors (Lipinski definition) is 6. The lowest BCUT2D eigenvalue weighted by atomic mass is 10.00. The third kappa shape index (κ3) is 2.60. The molecule has 1 aromatic carbocycles. The lowest BCUT2D eigenvalue weighted by Gasteiger charge is -2.34. The van der Waals surface area contributed by atoms with Gasteiger partial charge < -0.3 is 10.2 Å². The summed E-state index contributed by atoms with van der Waals surface area (Å²) in [7, 11) is 0. The Bertz CT molecular complexity index is 1290. The summed E-state index contributed by atoms with van der Waals surface area (Å²) in [6, 6.07) is 4.83. The second-order valence-electron chi connectivity index (χ2n) is 8.41. The van der Waals surface area contributed by atoms with Gasteiger partial charge in [0.05, 0.1) is 17.1 Å². The highest BCUT2D eigenvalue weighted by Gasteiger charge is 2.34. The largest absolute Gasteiger partial charge is 0.353 e. The highest BCUT2D eigenvalue weighted by Crippen LogP contribution is 2.36. The van der Waals surface area contributed by atoms with Gasteiger partial charge in [-0.25, -0.2) is 14.4 Å². The van der Waals surface area contributed by atoms with Gasteiger partial charge in [0.1, 0.15) is 22.9 Å². The Balaban J connectivity index is 1.55. The van der Waals surface area contributed by atoms with E-state index in [2.05, 4.69) is 35.4 Å². The van der Waals surface area contributed by atoms with E-state index in [0.717, 1.165) is 40.9 Å². The molecule has 2 aliphatic heterocycles. The number of pyridine rings is 1. The molecule has 0 radical (unpaired) electrons. The van der Waals surface area contributed by atoms with Gasteiger partial charge in [-0.3, -0.25) is 10.1 Å². The first-order chi connectivity index (χ1) is 14.6. The maximum atomic E-state index is 15.8. The van der Waals surface area contributed by atoms with E-state index in [-0.39, 0.29) is 0 Å². The van der Waals surface area contributed by atoms with E-state index in [0.29, 0.717) is 34.5 Å². The van der Waals surface area contributed by atoms with E-state index in [9.17, 15) is 0 Å². The molecule has 8 heteroatoms. The first-order valence-electron chi connectivity index (χ1n) is 10.4. The molecule has 3 aromatic heterocycles. The number of aromatic amines is 1. The zero-order valence-corrected chi connectivity index (χ0v) is 16.9. The van der Waals surface area contributed by atoms with Crippen LogP contribution in [0.15, 0.2) is 24.5 Å². The Hall–Kier alpha value is -3.13. The molecule has 2 unspecified atom stereocenters. The van der Waals surface area contributed by atoms with Crippen LogP contribution in [0.3, 0.4) is 0 Å². The first-order valence-corrected chi connectivity index (χ1v) is 10.4. The van der Waals surface area contributed by atoms with Gasteiger partial charge in [0.15, 0.2) is 5.82 Å². The number of nitrogens with one attached hydrogen (secondary N) is 2. The Morgan fingerprint density at radius 1 is 1.03 bits per heavy atom. The van der Waals surface area contributed by atoms with Crippen LogP contribution in [0.25, 0.3) is 33.1 Å². The second-order valence-corrected chi connectivity index (χ2v) is 8.41. The summed E-state index contributed by atoms with van der Waals surface area (Å²) >= 11 is 0. The summed E-state index contributed by atoms with van der Waals surface area (Å²) < 4.78 is 15.8. The second kappa shape index (κ2) is 6.43. The number of anilines is 1. The summed E-state index contributed by atoms with van der Waals surface area (Å²) in [4.78, 5) is 16.0. The van der Waals surface area contributed by atoms with Crippen molar-refractivity contribution >= 4 is 27.6 Å². The molecule has 152 valence electrons. The van der Waals surface area contributed by atoms with E-state index in [1.165, 1.54) is 12.8 Å². The van der Waals surface area contributed by atoms with Crippen molar-refractivity contribution < 1.29 is 4.39 Å². The van der Waals surface area contributed by atoms with Crippen molar-refractivity contribution in [2.24, 2.45) is 0 Å². The van der Waals surface area contributed by atoms with Crippen molar-refractivity contribution in [3.8, 4) is 11.3 Å². The molecular weight excluding hydrogens is 381 g/mol. The minimum atomic E-state index is -0.408. The molecule has 0 aliphatic carbocycles. The van der Waals surface area contributed by atoms with E-state index in [4.69, 9.17) is 0 Å². The third-order valence-electron chi connectivity index (χ3n) is 6.36. The molecule has 2 N–H and O–H groups in total. The molecule has 2 saturated heterocycles. The minimum absolute atomic E-state index is 0.302. The average Bonchev–Trinajstić information content (AvgIpc) is 3.34. The monoisotopic (exact) mass is 403 g/mol. The molecule has 30 heavy (non-hydrogen) atoms. The predicted molar refractivity (Wildman–Crippen MR) is 114 cm³/mol. The number of halogens is 1. The molecule has 7 nitrogen and oxygen atoms in total. The van der Waals surface area contributed by atoms with Gasteiger partial charge in [-0.15, -0.1) is 0 Å². The number of aromatic nitrogens is 5. The van der Waals surface area contributed by atoms with Crippen molar-refractivity contribution in [3.63, 3.8) is 0 Å². The van der Waals surface area contributed by atoms with Crippen LogP contribution in [0.4, 0.5) is 10.2 Å². The van der Waals surface area contributed by atoms with E-state index in [1.54, 1.807) is 12.4 Å². The van der Waals surface area contributed by atoms with Crippen LogP contribution >= 0.6 is 0 Å². The zero-order chi connectivity index (χ0) is 20.4. The minimum Gasteiger partial charge on any atom is -0.353 e. The fourth-order valence-corrected chi connectivity index (χ4v) is 4.98. The first kappa shape index (κ1) is 17.7. The summed E-state index contributed by atoms with van der Waals surface area (Å²) in [6.45, 7) is 5.53. The molecule has 5 heterocycles. The number of fused-ring (bicyclic) bond motifs is 4. The quantitative estimate of drug-likeness (QED) is 0.535. The number of piperazine rings is 1. The summed E-state index contributed by atoms with van der Waals surface area (Å²) in [5.74, 6) is 0.943. The third-order valence-corrected chi connectivity index (χ3v) is 6.36. The molecule has 0 amide bonds. The maximum absolute atomic E-state index is 15.8. The number of nitrogens with zero attached hydrogens (tertiary/aromatic N) is 5. The van der Waals surface area contributed by atoms with Crippen molar-refractivity contribution in [3.05, 3.63) is 41.7 Å². The van der Waals surface area contributed by atoms with Crippen molar-refractivity contribution in [2.45, 2.75) is 38.8 Å². The summed E-state index contributed by atoms with van der Waals surface area (Å²) in [5, 5.41) is 12.2. The standard InChI is InChI=1S/C22H22FN7/c1-11-3-6-17-15(8-25-29-17)18(11)21-19(23)20-16(7-24-21)22(27-12(2)26-20)30-9-13-4-5-14(10-30)28-13/h3,6-8,13-14,28H,4-5,9-10H2,1-2H3,(H,25,29). The number of benzene rings is 1. The topological polar surface area (TPSA) is 82.6 Å². The van der Waals surface area contributed by atoms with Crippen molar-refractivity contribution in [1.29, 1.82) is 0 Å². The SMILES string of the molecule is Cc1nc(N2CC3CCC(C2)N3)c2cnc(-c3c(C)ccc4[nH]ncc34)c(F)c2n1. The smallest absolute Gasteiger partial charge is 0.175 e. The van der Waals surface area contributed by atoms with Gasteiger partial charge in [0, 0.05) is 42.3 Å². The van der Waals surface area contributed by atoms with Crippen LogP contribution < -0.4 is 10.2 Å². The molecule has 2 fully saturated rings. The predicted octanol–water partition coefficient (Wildman–Crippen LogP) is 3.26. The van der Waals surface area contributed by atoms with Gasteiger partial charge >= 0.3 is 0 Å². The highest BCUT2D eigenvalue weighted by molar-refractivity contribution is 5.98. The van der Waals surface area contributed by atoms with Crippen LogP contribution in [0.1, 0.15) is 24.2 Å². The van der Waals surface area contributed by atoms with E-state index in [1.807, 2.05) is 26.0 Å². The Kier molecular flexibility index (Phi) is 3.80. The van der Waals surface area contributed by atoms with Gasteiger partial charge in [-0.1, -0.05) is 6.07 Å². The Labute approximate surface area is 172 Å². The fraction of sp³-hybridized carbons (Fsp3) is 0.364. The fourth-order valence-electron chi connectivity index (χ4n) is 4.98. The van der Waals surface area contributed by atoms with Crippen LogP contribution in [0.5, 0.6) is 0 Å². The number of rotatable bonds is 2. The van der Waals surface area contributed by atoms with Gasteiger partial charge in [0.25, 0.3) is 0 Å². The number of aryl methyl sites for hydroxylation is 2. The van der Waals surface area contributed by atoms with Crippen LogP contribution in [-0.4, -0.2) is 50.3 Å². The zero-order valence-electron chi connectivity index (χ0n) is 16.9. The van der Waals surface area contributed by atoms with Crippen LogP contribution in [0, 0.1) is 19.7 Å². The van der Waals surface area contributed by atoms with Gasteiger partial charge in [0.2, 0.25) is 0 Å². The Morgan fingerprint density at radius 3 is 2.63 bits per heavy atom. The van der Waals surface area contributed by atoms with Crippen LogP contribution in [-0.2, 0) is 0 Å². The summed E-state index contributed by atoms with van der Waals surface area (Å²) in [5.41, 5.74) is 3.18. The van der Waals surface area contributed by atoms with Gasteiger partial charge in [-0.05, 0) is 38.3 Å². The normalized spacial score (nSPS) is 21.1. The molecule has 2 atom stereocenters. The Morgan fingerprint density at radius 2 is 1.83 bits per heavy atom. The molecule has 0 spiro atoms. The molecule has 2 aliphatic rings. The molecular formula is C22H22FN7. The summed E-state index contributed by atoms with van der Waals surface area (Å²) in [6.07, 6.45) is 5.79. The van der Waals surface area contributed by atoms with Gasteiger partial charge in [-0.2, -0.15) is 5.10 Å². The number of H-pyrrole nitrogens is 1. The van der Waals surface area contributed by atoms with Crippen molar-refractivity contribution in [2.75, 3.05) is 18.0 Å². The van der Waals surface area contributed by atoms with Crippen LogP contribution in [0.2, 0.25) is 0 Å². The molecule has 0 saturated carbocycles. The van der Waals surface area contributed by atoms with E-state index < -0.39 is 5.82 Å². The lowest BCUT2D eigenvalue weighted by Crippen LogP contribution is -2.51. The van der Waals surface area contributed by atoms with E-state index >= 15 is 4.39 Å². The van der Waals surface area contributed by atoms with Crippen molar-refractivity contribution in [1.82, 2.24) is 30.5 Å². The maximum Gasteiger partial charge on any atom is 0.175 e. The average molecular weight is 403 g/mol. The highest BCUT2D eigenvalue weighted by atomic mass is 19.1. The lowest BCUT2D eigenvalue weighted by molar-refractivity contribution is 0.464. The molecule has 2 bridgehead atoms. The number of hydrogen-bond donors (Lipinski definition) is 2. The molecule has 6 rings (SSSR count).